The molecular weight excluding hydrogens is 352 g/mol. The standard InChI is InChI=1S/C15H15BrN2O2S/c16-14-3-1-2-13-12(14)8-9-15(13)18-10-4-6-11(7-5-10)21(17,19)20/h1-7,15,18H,8-9H2,(H2,17,19,20). The van der Waals surface area contributed by atoms with Crippen LogP contribution in [-0.4, -0.2) is 8.42 Å². The molecule has 0 bridgehead atoms. The molecule has 3 N–H and O–H groups in total. The Hall–Kier alpha value is -1.37. The molecule has 3 rings (SSSR count). The average Bonchev–Trinajstić information content (AvgIpc) is 2.83. The summed E-state index contributed by atoms with van der Waals surface area (Å²) in [5.74, 6) is 0. The van der Waals surface area contributed by atoms with Crippen LogP contribution in [0.2, 0.25) is 0 Å². The highest BCUT2D eigenvalue weighted by atomic mass is 79.9. The first-order valence-corrected chi connectivity index (χ1v) is 8.96. The second-order valence-corrected chi connectivity index (χ2v) is 7.53. The SMILES string of the molecule is NS(=O)(=O)c1ccc(NC2CCc3c(Br)cccc32)cc1. The van der Waals surface area contributed by atoms with Gasteiger partial charge in [0.25, 0.3) is 0 Å². The molecule has 110 valence electrons. The lowest BCUT2D eigenvalue weighted by Gasteiger charge is -2.16. The number of anilines is 1. The number of primary sulfonamides is 1. The molecule has 6 heteroatoms. The molecular formula is C15H15BrN2O2S. The fourth-order valence-corrected chi connectivity index (χ4v) is 3.80. The number of fused-ring (bicyclic) bond motifs is 1. The Kier molecular flexibility index (Phi) is 3.77. The molecule has 2 aromatic carbocycles. The third-order valence-electron chi connectivity index (χ3n) is 3.74. The first-order chi connectivity index (χ1) is 9.95. The van der Waals surface area contributed by atoms with E-state index in [4.69, 9.17) is 5.14 Å². The van der Waals surface area contributed by atoms with E-state index in [1.807, 2.05) is 6.07 Å². The highest BCUT2D eigenvalue weighted by Gasteiger charge is 2.23. The first kappa shape index (κ1) is 14.6. The monoisotopic (exact) mass is 366 g/mol. The predicted molar refractivity (Wildman–Crippen MR) is 86.6 cm³/mol. The Bertz CT molecular complexity index is 773. The van der Waals surface area contributed by atoms with Crippen molar-refractivity contribution in [2.75, 3.05) is 5.32 Å². The van der Waals surface area contributed by atoms with Crippen LogP contribution in [0, 0.1) is 0 Å². The lowest BCUT2D eigenvalue weighted by Crippen LogP contribution is -2.12. The van der Waals surface area contributed by atoms with Gasteiger partial charge in [0.2, 0.25) is 10.0 Å². The second-order valence-electron chi connectivity index (χ2n) is 5.11. The van der Waals surface area contributed by atoms with Crippen molar-refractivity contribution in [3.05, 3.63) is 58.1 Å². The average molecular weight is 367 g/mol. The van der Waals surface area contributed by atoms with Gasteiger partial charge in [-0.1, -0.05) is 28.1 Å². The van der Waals surface area contributed by atoms with Crippen molar-refractivity contribution in [1.82, 2.24) is 0 Å². The molecule has 0 aromatic heterocycles. The van der Waals surface area contributed by atoms with Gasteiger partial charge in [0.05, 0.1) is 10.9 Å². The molecule has 0 amide bonds. The molecule has 0 heterocycles. The van der Waals surface area contributed by atoms with Crippen molar-refractivity contribution in [2.45, 2.75) is 23.8 Å². The molecule has 4 nitrogen and oxygen atoms in total. The molecule has 0 fully saturated rings. The number of sulfonamides is 1. The number of rotatable bonds is 3. The van der Waals surface area contributed by atoms with Gasteiger partial charge in [-0.05, 0) is 54.3 Å². The number of benzene rings is 2. The fraction of sp³-hybridized carbons (Fsp3) is 0.200. The van der Waals surface area contributed by atoms with Crippen molar-refractivity contribution >= 4 is 31.6 Å². The van der Waals surface area contributed by atoms with E-state index in [-0.39, 0.29) is 10.9 Å². The van der Waals surface area contributed by atoms with E-state index in [0.29, 0.717) is 0 Å². The zero-order valence-electron chi connectivity index (χ0n) is 11.2. The summed E-state index contributed by atoms with van der Waals surface area (Å²) in [6, 6.07) is 13.0. The van der Waals surface area contributed by atoms with Gasteiger partial charge in [0.1, 0.15) is 0 Å². The van der Waals surface area contributed by atoms with E-state index < -0.39 is 10.0 Å². The summed E-state index contributed by atoms with van der Waals surface area (Å²) in [6.07, 6.45) is 2.05. The minimum atomic E-state index is -3.64. The number of nitrogens with one attached hydrogen (secondary N) is 1. The van der Waals surface area contributed by atoms with Crippen LogP contribution < -0.4 is 10.5 Å². The first-order valence-electron chi connectivity index (χ1n) is 6.62. The van der Waals surface area contributed by atoms with Gasteiger partial charge in [-0.3, -0.25) is 0 Å². The van der Waals surface area contributed by atoms with Crippen LogP contribution in [0.5, 0.6) is 0 Å². The van der Waals surface area contributed by atoms with Crippen molar-refractivity contribution < 1.29 is 8.42 Å². The van der Waals surface area contributed by atoms with Crippen molar-refractivity contribution in [3.63, 3.8) is 0 Å². The van der Waals surface area contributed by atoms with E-state index in [1.54, 1.807) is 12.1 Å². The maximum Gasteiger partial charge on any atom is 0.238 e. The molecule has 1 aliphatic rings. The summed E-state index contributed by atoms with van der Waals surface area (Å²) in [7, 11) is -3.64. The van der Waals surface area contributed by atoms with Crippen molar-refractivity contribution in [1.29, 1.82) is 0 Å². The van der Waals surface area contributed by atoms with E-state index >= 15 is 0 Å². The maximum absolute atomic E-state index is 11.2. The summed E-state index contributed by atoms with van der Waals surface area (Å²) in [5, 5.41) is 8.54. The zero-order valence-corrected chi connectivity index (χ0v) is 13.6. The molecule has 1 atom stereocenters. The van der Waals surface area contributed by atoms with Gasteiger partial charge in [0.15, 0.2) is 0 Å². The molecule has 1 unspecified atom stereocenters. The highest BCUT2D eigenvalue weighted by molar-refractivity contribution is 9.10. The third-order valence-corrected chi connectivity index (χ3v) is 5.41. The number of hydrogen-bond donors (Lipinski definition) is 2. The van der Waals surface area contributed by atoms with E-state index in [0.717, 1.165) is 23.0 Å². The summed E-state index contributed by atoms with van der Waals surface area (Å²) < 4.78 is 23.6. The summed E-state index contributed by atoms with van der Waals surface area (Å²) in [4.78, 5) is 0.127. The lowest BCUT2D eigenvalue weighted by atomic mass is 10.1. The molecule has 1 aliphatic carbocycles. The lowest BCUT2D eigenvalue weighted by molar-refractivity contribution is 0.598. The molecule has 0 aliphatic heterocycles. The molecule has 0 saturated heterocycles. The Morgan fingerprint density at radius 3 is 2.52 bits per heavy atom. The van der Waals surface area contributed by atoms with Crippen LogP contribution in [0.25, 0.3) is 0 Å². The van der Waals surface area contributed by atoms with E-state index in [1.165, 1.54) is 23.3 Å². The van der Waals surface area contributed by atoms with Gasteiger partial charge in [0, 0.05) is 10.2 Å². The number of hydrogen-bond acceptors (Lipinski definition) is 3. The second kappa shape index (κ2) is 5.44. The molecule has 21 heavy (non-hydrogen) atoms. The van der Waals surface area contributed by atoms with Crippen LogP contribution in [-0.2, 0) is 16.4 Å². The fourth-order valence-electron chi connectivity index (χ4n) is 2.70. The normalized spacial score (nSPS) is 17.5. The van der Waals surface area contributed by atoms with Gasteiger partial charge < -0.3 is 5.32 Å². The van der Waals surface area contributed by atoms with Crippen LogP contribution in [0.4, 0.5) is 5.69 Å². The highest BCUT2D eigenvalue weighted by Crippen LogP contribution is 2.37. The smallest absolute Gasteiger partial charge is 0.238 e. The Morgan fingerprint density at radius 1 is 1.14 bits per heavy atom. The van der Waals surface area contributed by atoms with Gasteiger partial charge in [-0.15, -0.1) is 0 Å². The predicted octanol–water partition coefficient (Wildman–Crippen LogP) is 3.20. The van der Waals surface area contributed by atoms with Gasteiger partial charge in [-0.2, -0.15) is 0 Å². The molecule has 0 radical (unpaired) electrons. The van der Waals surface area contributed by atoms with Crippen LogP contribution in [0.3, 0.4) is 0 Å². The maximum atomic E-state index is 11.2. The van der Waals surface area contributed by atoms with Gasteiger partial charge >= 0.3 is 0 Å². The molecule has 0 saturated carbocycles. The van der Waals surface area contributed by atoms with Gasteiger partial charge in [-0.25, -0.2) is 13.6 Å². The summed E-state index contributed by atoms with van der Waals surface area (Å²) in [6.45, 7) is 0. The third kappa shape index (κ3) is 2.97. The minimum Gasteiger partial charge on any atom is -0.378 e. The van der Waals surface area contributed by atoms with Crippen LogP contribution in [0.1, 0.15) is 23.6 Å². The quantitative estimate of drug-likeness (QED) is 0.875. The Morgan fingerprint density at radius 2 is 1.86 bits per heavy atom. The number of halogens is 1. The minimum absolute atomic E-state index is 0.127. The summed E-state index contributed by atoms with van der Waals surface area (Å²) >= 11 is 3.58. The van der Waals surface area contributed by atoms with Crippen LogP contribution in [0.15, 0.2) is 51.8 Å². The number of nitrogens with two attached hydrogens (primary N) is 1. The Balaban J connectivity index is 1.82. The van der Waals surface area contributed by atoms with Crippen molar-refractivity contribution in [3.8, 4) is 0 Å². The van der Waals surface area contributed by atoms with E-state index in [9.17, 15) is 8.42 Å². The van der Waals surface area contributed by atoms with Crippen molar-refractivity contribution in [2.24, 2.45) is 5.14 Å². The largest absolute Gasteiger partial charge is 0.378 e. The van der Waals surface area contributed by atoms with E-state index in [2.05, 4.69) is 33.4 Å². The van der Waals surface area contributed by atoms with Crippen LogP contribution >= 0.6 is 15.9 Å². The molecule has 0 spiro atoms. The Labute approximate surface area is 132 Å². The zero-order chi connectivity index (χ0) is 15.0. The molecule has 2 aromatic rings. The topological polar surface area (TPSA) is 72.2 Å². The summed E-state index contributed by atoms with van der Waals surface area (Å²) in [5.41, 5.74) is 3.52.